The van der Waals surface area contributed by atoms with E-state index >= 15 is 0 Å². The number of pyridine rings is 1. The summed E-state index contributed by atoms with van der Waals surface area (Å²) in [7, 11) is 0. The van der Waals surface area contributed by atoms with Crippen LogP contribution in [0.2, 0.25) is 0 Å². The molecule has 0 atom stereocenters. The number of aromatic nitrogens is 1. The van der Waals surface area contributed by atoms with Gasteiger partial charge >= 0.3 is 5.97 Å². The van der Waals surface area contributed by atoms with E-state index in [0.29, 0.717) is 17.5 Å². The van der Waals surface area contributed by atoms with Gasteiger partial charge in [-0.2, -0.15) is 0 Å². The van der Waals surface area contributed by atoms with Crippen LogP contribution in [0.1, 0.15) is 16.8 Å². The van der Waals surface area contributed by atoms with Gasteiger partial charge in [0.05, 0.1) is 6.61 Å². The van der Waals surface area contributed by atoms with Crippen molar-refractivity contribution in [3.63, 3.8) is 0 Å². The molecule has 4 heteroatoms. The predicted octanol–water partition coefficient (Wildman–Crippen LogP) is 3.10. The largest absolute Gasteiger partial charge is 0.463 e. The highest BCUT2D eigenvalue weighted by atomic mass is 16.5. The lowest BCUT2D eigenvalue weighted by atomic mass is 9.86. The van der Waals surface area contributed by atoms with Crippen molar-refractivity contribution in [1.82, 2.24) is 4.98 Å². The Kier molecular flexibility index (Phi) is 5.21. The zero-order chi connectivity index (χ0) is 17.5. The van der Waals surface area contributed by atoms with Gasteiger partial charge in [0.15, 0.2) is 0 Å². The zero-order valence-corrected chi connectivity index (χ0v) is 13.7. The third kappa shape index (κ3) is 3.75. The van der Waals surface area contributed by atoms with Crippen LogP contribution in [0.3, 0.4) is 0 Å². The van der Waals surface area contributed by atoms with Gasteiger partial charge in [-0.25, -0.2) is 4.79 Å². The third-order valence-electron chi connectivity index (χ3n) is 4.00. The first-order chi connectivity index (χ1) is 12.2. The molecule has 1 N–H and O–H groups in total. The summed E-state index contributed by atoms with van der Waals surface area (Å²) in [6, 6.07) is 23.2. The molecule has 0 saturated carbocycles. The maximum absolute atomic E-state index is 12.8. The first kappa shape index (κ1) is 16.9. The highest BCUT2D eigenvalue weighted by molar-refractivity contribution is 5.85. The third-order valence-corrected chi connectivity index (χ3v) is 4.00. The minimum Gasteiger partial charge on any atom is -0.463 e. The van der Waals surface area contributed by atoms with Crippen LogP contribution in [-0.2, 0) is 21.6 Å². The molecular weight excluding hydrogens is 314 g/mol. The Bertz CT molecular complexity index is 765. The summed E-state index contributed by atoms with van der Waals surface area (Å²) >= 11 is 0. The predicted molar refractivity (Wildman–Crippen MR) is 94.8 cm³/mol. The van der Waals surface area contributed by atoms with E-state index in [1.54, 1.807) is 54.7 Å². The van der Waals surface area contributed by atoms with Crippen molar-refractivity contribution in [3.8, 4) is 0 Å². The van der Waals surface area contributed by atoms with Gasteiger partial charge in [-0.15, -0.1) is 0 Å². The topological polar surface area (TPSA) is 59.4 Å². The second-order valence-electron chi connectivity index (χ2n) is 5.65. The van der Waals surface area contributed by atoms with E-state index in [4.69, 9.17) is 4.74 Å². The van der Waals surface area contributed by atoms with E-state index in [-0.39, 0.29) is 6.61 Å². The highest BCUT2D eigenvalue weighted by Gasteiger charge is 2.41. The van der Waals surface area contributed by atoms with Crippen molar-refractivity contribution in [2.75, 3.05) is 6.61 Å². The fraction of sp³-hybridized carbons (Fsp3) is 0.143. The molecule has 0 aliphatic carbocycles. The van der Waals surface area contributed by atoms with Crippen LogP contribution >= 0.6 is 0 Å². The summed E-state index contributed by atoms with van der Waals surface area (Å²) in [6.07, 6.45) is 2.19. The number of benzene rings is 2. The highest BCUT2D eigenvalue weighted by Crippen LogP contribution is 2.31. The quantitative estimate of drug-likeness (QED) is 0.704. The van der Waals surface area contributed by atoms with Crippen molar-refractivity contribution >= 4 is 5.97 Å². The van der Waals surface area contributed by atoms with Crippen molar-refractivity contribution in [2.24, 2.45) is 0 Å². The van der Waals surface area contributed by atoms with Gasteiger partial charge in [-0.05, 0) is 23.3 Å². The monoisotopic (exact) mass is 333 g/mol. The Balaban J connectivity index is 1.81. The Morgan fingerprint density at radius 2 is 1.44 bits per heavy atom. The molecule has 0 aliphatic heterocycles. The molecule has 0 amide bonds. The van der Waals surface area contributed by atoms with Gasteiger partial charge in [-0.3, -0.25) is 4.98 Å². The lowest BCUT2D eigenvalue weighted by molar-refractivity contribution is -0.162. The Morgan fingerprint density at radius 1 is 0.880 bits per heavy atom. The maximum atomic E-state index is 12.8. The van der Waals surface area contributed by atoms with Crippen molar-refractivity contribution in [1.29, 1.82) is 0 Å². The molecule has 0 aliphatic rings. The molecule has 0 spiro atoms. The van der Waals surface area contributed by atoms with Crippen LogP contribution in [0.15, 0.2) is 85.1 Å². The lowest BCUT2D eigenvalue weighted by Crippen LogP contribution is -2.38. The first-order valence-electron chi connectivity index (χ1n) is 8.12. The number of hydrogen-bond donors (Lipinski definition) is 1. The van der Waals surface area contributed by atoms with Crippen LogP contribution in [-0.4, -0.2) is 22.7 Å². The molecule has 3 rings (SSSR count). The summed E-state index contributed by atoms with van der Waals surface area (Å²) in [5.74, 6) is -0.694. The second-order valence-corrected chi connectivity index (χ2v) is 5.65. The average molecular weight is 333 g/mol. The number of ether oxygens (including phenoxy) is 1. The molecule has 0 radical (unpaired) electrons. The summed E-state index contributed by atoms with van der Waals surface area (Å²) in [6.45, 7) is 0.151. The molecule has 3 aromatic rings. The van der Waals surface area contributed by atoms with E-state index < -0.39 is 11.6 Å². The smallest absolute Gasteiger partial charge is 0.347 e. The van der Waals surface area contributed by atoms with E-state index in [9.17, 15) is 9.90 Å². The van der Waals surface area contributed by atoms with E-state index in [1.807, 2.05) is 30.3 Å². The van der Waals surface area contributed by atoms with Crippen molar-refractivity contribution in [3.05, 3.63) is 102 Å². The molecule has 0 fully saturated rings. The summed E-state index contributed by atoms with van der Waals surface area (Å²) in [5, 5.41) is 11.2. The van der Waals surface area contributed by atoms with Crippen molar-refractivity contribution in [2.45, 2.75) is 12.0 Å². The molecule has 25 heavy (non-hydrogen) atoms. The SMILES string of the molecule is O=C(OCCc1ccccn1)C(O)(c1ccccc1)c1ccccc1. The minimum absolute atomic E-state index is 0.151. The standard InChI is InChI=1S/C21H19NO3/c23-20(25-16-14-19-13-7-8-15-22-19)21(24,17-9-3-1-4-10-17)18-11-5-2-6-12-18/h1-13,15,24H,14,16H2. The van der Waals surface area contributed by atoms with Gasteiger partial charge in [-0.1, -0.05) is 66.7 Å². The number of rotatable bonds is 6. The molecule has 1 aromatic heterocycles. The fourth-order valence-electron chi connectivity index (χ4n) is 2.66. The second kappa shape index (κ2) is 7.73. The van der Waals surface area contributed by atoms with Crippen LogP contribution in [0, 0.1) is 0 Å². The Morgan fingerprint density at radius 3 is 1.96 bits per heavy atom. The molecule has 2 aromatic carbocycles. The summed E-state index contributed by atoms with van der Waals surface area (Å²) in [5.41, 5.74) is -0.0570. The van der Waals surface area contributed by atoms with Gasteiger partial charge < -0.3 is 9.84 Å². The van der Waals surface area contributed by atoms with Crippen LogP contribution < -0.4 is 0 Å². The molecule has 0 bridgehead atoms. The lowest BCUT2D eigenvalue weighted by Gasteiger charge is -2.27. The number of carbonyl (C=O) groups is 1. The number of carbonyl (C=O) groups excluding carboxylic acids is 1. The number of hydrogen-bond acceptors (Lipinski definition) is 4. The molecule has 4 nitrogen and oxygen atoms in total. The molecule has 126 valence electrons. The van der Waals surface area contributed by atoms with Gasteiger partial charge in [0.25, 0.3) is 0 Å². The van der Waals surface area contributed by atoms with Crippen LogP contribution in [0.5, 0.6) is 0 Å². The Hall–Kier alpha value is -2.98. The maximum Gasteiger partial charge on any atom is 0.347 e. The summed E-state index contributed by atoms with van der Waals surface area (Å²) < 4.78 is 5.39. The van der Waals surface area contributed by atoms with Gasteiger partial charge in [0.1, 0.15) is 0 Å². The van der Waals surface area contributed by atoms with Gasteiger partial charge in [0, 0.05) is 18.3 Å². The van der Waals surface area contributed by atoms with E-state index in [1.165, 1.54) is 0 Å². The molecular formula is C21H19NO3. The Labute approximate surface area is 146 Å². The molecule has 0 unspecified atom stereocenters. The number of esters is 1. The van der Waals surface area contributed by atoms with E-state index in [2.05, 4.69) is 4.98 Å². The van der Waals surface area contributed by atoms with Crippen molar-refractivity contribution < 1.29 is 14.6 Å². The van der Waals surface area contributed by atoms with E-state index in [0.717, 1.165) is 5.69 Å². The van der Waals surface area contributed by atoms with Gasteiger partial charge in [0.2, 0.25) is 5.60 Å². The molecule has 1 heterocycles. The average Bonchev–Trinajstić information content (AvgIpc) is 2.69. The normalized spacial score (nSPS) is 11.1. The first-order valence-corrected chi connectivity index (χ1v) is 8.12. The molecule has 0 saturated heterocycles. The number of nitrogens with zero attached hydrogens (tertiary/aromatic N) is 1. The fourth-order valence-corrected chi connectivity index (χ4v) is 2.66. The minimum atomic E-state index is -1.84. The number of aliphatic hydroxyl groups is 1. The van der Waals surface area contributed by atoms with Crippen LogP contribution in [0.4, 0.5) is 0 Å². The zero-order valence-electron chi connectivity index (χ0n) is 13.7. The summed E-state index contributed by atoms with van der Waals surface area (Å²) in [4.78, 5) is 17.0. The van der Waals surface area contributed by atoms with Crippen LogP contribution in [0.25, 0.3) is 0 Å².